The molecule has 0 unspecified atom stereocenters. The third-order valence-electron chi connectivity index (χ3n) is 3.27. The van der Waals surface area contributed by atoms with E-state index in [9.17, 15) is 0 Å². The highest BCUT2D eigenvalue weighted by Crippen LogP contribution is 2.41. The van der Waals surface area contributed by atoms with Crippen LogP contribution in [0.4, 0.5) is 5.69 Å². The number of aliphatic hydroxyl groups excluding tert-OH is 1. The van der Waals surface area contributed by atoms with Crippen LogP contribution >= 0.6 is 0 Å². The van der Waals surface area contributed by atoms with Crippen LogP contribution in [0.25, 0.3) is 11.1 Å². The number of nitrogen functional groups attached to an aromatic ring is 1. The summed E-state index contributed by atoms with van der Waals surface area (Å²) in [6, 6.07) is 11.4. The molecule has 0 saturated carbocycles. The molecule has 0 heterocycles. The number of ether oxygens (including phenoxy) is 2. The molecule has 0 atom stereocenters. The fourth-order valence-corrected chi connectivity index (χ4v) is 2.29. The first-order valence-corrected chi connectivity index (χ1v) is 6.42. The topological polar surface area (TPSA) is 64.7 Å². The number of aliphatic hydroxyl groups is 1. The lowest BCUT2D eigenvalue weighted by Crippen LogP contribution is -2.01. The summed E-state index contributed by atoms with van der Waals surface area (Å²) >= 11 is 0. The second kappa shape index (κ2) is 6.30. The van der Waals surface area contributed by atoms with Gasteiger partial charge >= 0.3 is 0 Å². The maximum absolute atomic E-state index is 9.10. The van der Waals surface area contributed by atoms with Gasteiger partial charge < -0.3 is 20.3 Å². The molecular formula is C16H19NO3. The molecule has 4 heteroatoms. The maximum atomic E-state index is 9.10. The van der Waals surface area contributed by atoms with Gasteiger partial charge in [-0.15, -0.1) is 0 Å². The second-order valence-corrected chi connectivity index (χ2v) is 4.39. The van der Waals surface area contributed by atoms with E-state index >= 15 is 0 Å². The second-order valence-electron chi connectivity index (χ2n) is 4.39. The fraction of sp³-hybridized carbons (Fsp3) is 0.250. The van der Waals surface area contributed by atoms with Crippen molar-refractivity contribution in [1.82, 2.24) is 0 Å². The highest BCUT2D eigenvalue weighted by Gasteiger charge is 2.16. The zero-order valence-electron chi connectivity index (χ0n) is 11.7. The first kappa shape index (κ1) is 14.2. The van der Waals surface area contributed by atoms with E-state index in [4.69, 9.17) is 20.3 Å². The molecule has 0 radical (unpaired) electrons. The van der Waals surface area contributed by atoms with Gasteiger partial charge in [-0.3, -0.25) is 0 Å². The molecule has 20 heavy (non-hydrogen) atoms. The molecule has 0 aliphatic carbocycles. The third-order valence-corrected chi connectivity index (χ3v) is 3.27. The highest BCUT2D eigenvalue weighted by atomic mass is 16.5. The minimum atomic E-state index is 0.0662. The summed E-state index contributed by atoms with van der Waals surface area (Å²) in [6.07, 6.45) is 0.525. The van der Waals surface area contributed by atoms with E-state index in [1.807, 2.05) is 36.4 Å². The van der Waals surface area contributed by atoms with Crippen molar-refractivity contribution in [2.45, 2.75) is 6.42 Å². The standard InChI is InChI=1S/C16H19NO3/c1-19-13-7-4-8-14(20-2)15(13)12-6-3-5-11(9-10-18)16(12)17/h3-8,18H,9-10,17H2,1-2H3. The van der Waals surface area contributed by atoms with Gasteiger partial charge in [0, 0.05) is 17.9 Å². The van der Waals surface area contributed by atoms with E-state index < -0.39 is 0 Å². The van der Waals surface area contributed by atoms with Crippen molar-refractivity contribution >= 4 is 5.69 Å². The van der Waals surface area contributed by atoms with Gasteiger partial charge in [-0.2, -0.15) is 0 Å². The van der Waals surface area contributed by atoms with Crippen molar-refractivity contribution < 1.29 is 14.6 Å². The first-order valence-electron chi connectivity index (χ1n) is 6.42. The molecule has 0 amide bonds. The lowest BCUT2D eigenvalue weighted by atomic mass is 9.97. The van der Waals surface area contributed by atoms with Gasteiger partial charge in [0.15, 0.2) is 0 Å². The Morgan fingerprint density at radius 2 is 1.60 bits per heavy atom. The van der Waals surface area contributed by atoms with Gasteiger partial charge in [0.1, 0.15) is 11.5 Å². The third kappa shape index (κ3) is 2.56. The predicted octanol–water partition coefficient (Wildman–Crippen LogP) is 2.49. The quantitative estimate of drug-likeness (QED) is 0.821. The zero-order chi connectivity index (χ0) is 14.5. The molecule has 0 aliphatic heterocycles. The summed E-state index contributed by atoms with van der Waals surface area (Å²) in [5.74, 6) is 1.41. The van der Waals surface area contributed by atoms with E-state index in [0.29, 0.717) is 23.6 Å². The molecule has 0 spiro atoms. The number of anilines is 1. The van der Waals surface area contributed by atoms with Gasteiger partial charge in [-0.1, -0.05) is 24.3 Å². The molecule has 2 aromatic carbocycles. The van der Waals surface area contributed by atoms with Crippen LogP contribution in [0.2, 0.25) is 0 Å². The van der Waals surface area contributed by atoms with Crippen LogP contribution in [-0.2, 0) is 6.42 Å². The molecule has 0 bridgehead atoms. The summed E-state index contributed by atoms with van der Waals surface area (Å²) in [5.41, 5.74) is 9.46. The summed E-state index contributed by atoms with van der Waals surface area (Å²) < 4.78 is 10.8. The van der Waals surface area contributed by atoms with E-state index in [2.05, 4.69) is 0 Å². The van der Waals surface area contributed by atoms with Crippen LogP contribution in [0.5, 0.6) is 11.5 Å². The van der Waals surface area contributed by atoms with Gasteiger partial charge in [-0.05, 0) is 24.1 Å². The first-order chi connectivity index (χ1) is 9.72. The van der Waals surface area contributed by atoms with Crippen LogP contribution in [0.15, 0.2) is 36.4 Å². The zero-order valence-corrected chi connectivity index (χ0v) is 11.7. The summed E-state index contributed by atoms with van der Waals surface area (Å²) in [6.45, 7) is 0.0662. The fourth-order valence-electron chi connectivity index (χ4n) is 2.29. The number of hydrogen-bond donors (Lipinski definition) is 2. The van der Waals surface area contributed by atoms with Crippen molar-refractivity contribution in [3.05, 3.63) is 42.0 Å². The number of rotatable bonds is 5. The van der Waals surface area contributed by atoms with Gasteiger partial charge in [0.05, 0.1) is 19.8 Å². The minimum Gasteiger partial charge on any atom is -0.496 e. The van der Waals surface area contributed by atoms with Crippen LogP contribution in [0, 0.1) is 0 Å². The van der Waals surface area contributed by atoms with Crippen LogP contribution in [0.3, 0.4) is 0 Å². The average Bonchev–Trinajstić information content (AvgIpc) is 2.49. The summed E-state index contributed by atoms with van der Waals surface area (Å²) in [7, 11) is 3.23. The van der Waals surface area contributed by atoms with Crippen molar-refractivity contribution in [2.75, 3.05) is 26.6 Å². The average molecular weight is 273 g/mol. The monoisotopic (exact) mass is 273 g/mol. The molecule has 106 valence electrons. The molecule has 0 saturated heterocycles. The molecule has 0 aliphatic rings. The van der Waals surface area contributed by atoms with E-state index in [1.54, 1.807) is 14.2 Å². The van der Waals surface area contributed by atoms with E-state index in [1.165, 1.54) is 0 Å². The Labute approximate surface area is 118 Å². The number of benzene rings is 2. The van der Waals surface area contributed by atoms with E-state index in [-0.39, 0.29) is 6.61 Å². The Hall–Kier alpha value is -2.20. The number of nitrogens with two attached hydrogens (primary N) is 1. The smallest absolute Gasteiger partial charge is 0.130 e. The molecular weight excluding hydrogens is 254 g/mol. The van der Waals surface area contributed by atoms with Crippen LogP contribution in [-0.4, -0.2) is 25.9 Å². The Morgan fingerprint density at radius 1 is 1.00 bits per heavy atom. The van der Waals surface area contributed by atoms with E-state index in [0.717, 1.165) is 16.7 Å². The summed E-state index contributed by atoms with van der Waals surface area (Å²) in [5, 5.41) is 9.10. The minimum absolute atomic E-state index is 0.0662. The van der Waals surface area contributed by atoms with Crippen LogP contribution in [0.1, 0.15) is 5.56 Å². The largest absolute Gasteiger partial charge is 0.496 e. The summed E-state index contributed by atoms with van der Waals surface area (Å²) in [4.78, 5) is 0. The number of methoxy groups -OCH3 is 2. The van der Waals surface area contributed by atoms with Crippen molar-refractivity contribution in [3.8, 4) is 22.6 Å². The van der Waals surface area contributed by atoms with Crippen molar-refractivity contribution in [2.24, 2.45) is 0 Å². The lowest BCUT2D eigenvalue weighted by molar-refractivity contribution is 0.300. The SMILES string of the molecule is COc1cccc(OC)c1-c1cccc(CCO)c1N. The Bertz CT molecular complexity index is 574. The van der Waals surface area contributed by atoms with Crippen molar-refractivity contribution in [1.29, 1.82) is 0 Å². The van der Waals surface area contributed by atoms with Gasteiger partial charge in [0.2, 0.25) is 0 Å². The number of para-hydroxylation sites is 1. The maximum Gasteiger partial charge on any atom is 0.130 e. The van der Waals surface area contributed by atoms with Gasteiger partial charge in [0.25, 0.3) is 0 Å². The Morgan fingerprint density at radius 3 is 2.15 bits per heavy atom. The lowest BCUT2D eigenvalue weighted by Gasteiger charge is -2.16. The molecule has 2 rings (SSSR count). The number of hydrogen-bond acceptors (Lipinski definition) is 4. The molecule has 2 aromatic rings. The predicted molar refractivity (Wildman–Crippen MR) is 80.2 cm³/mol. The molecule has 4 nitrogen and oxygen atoms in total. The molecule has 0 fully saturated rings. The normalized spacial score (nSPS) is 10.3. The molecule has 3 N–H and O–H groups in total. The van der Waals surface area contributed by atoms with Crippen molar-refractivity contribution in [3.63, 3.8) is 0 Å². The van der Waals surface area contributed by atoms with Gasteiger partial charge in [-0.25, -0.2) is 0 Å². The Balaban J connectivity index is 2.65. The highest BCUT2D eigenvalue weighted by molar-refractivity contribution is 5.86. The van der Waals surface area contributed by atoms with Crippen LogP contribution < -0.4 is 15.2 Å². The Kier molecular flexibility index (Phi) is 4.48. The molecule has 0 aromatic heterocycles.